The van der Waals surface area contributed by atoms with E-state index in [1.165, 1.54) is 6.33 Å². The lowest BCUT2D eigenvalue weighted by Crippen LogP contribution is -2.54. The van der Waals surface area contributed by atoms with E-state index in [0.717, 1.165) is 16.4 Å². The number of anilines is 2. The van der Waals surface area contributed by atoms with Crippen molar-refractivity contribution in [2.45, 2.75) is 45.2 Å². The lowest BCUT2D eigenvalue weighted by molar-refractivity contribution is 0.0673. The van der Waals surface area contributed by atoms with Gasteiger partial charge >= 0.3 is 0 Å². The van der Waals surface area contributed by atoms with E-state index >= 15 is 0 Å². The van der Waals surface area contributed by atoms with E-state index in [1.54, 1.807) is 12.4 Å². The molecule has 0 spiro atoms. The molecule has 2 fully saturated rings. The van der Waals surface area contributed by atoms with Gasteiger partial charge in [0.25, 0.3) is 5.91 Å². The van der Waals surface area contributed by atoms with Crippen molar-refractivity contribution >= 4 is 51.4 Å². The monoisotopic (exact) mass is 533 g/mol. The van der Waals surface area contributed by atoms with Gasteiger partial charge in [-0.05, 0) is 56.2 Å². The molecule has 1 saturated carbocycles. The highest BCUT2D eigenvalue weighted by molar-refractivity contribution is 14.1. The van der Waals surface area contributed by atoms with Crippen LogP contribution in [0.5, 0.6) is 0 Å². The molecule has 5 rings (SSSR count). The number of piperazine rings is 1. The molecule has 3 aromatic rings. The van der Waals surface area contributed by atoms with Crippen molar-refractivity contribution in [1.82, 2.24) is 24.8 Å². The first-order chi connectivity index (χ1) is 14.8. The van der Waals surface area contributed by atoms with Crippen LogP contribution in [-0.2, 0) is 0 Å². The summed E-state index contributed by atoms with van der Waals surface area (Å²) in [5.74, 6) is 1.89. The third kappa shape index (κ3) is 3.81. The minimum Gasteiger partial charge on any atom is -0.442 e. The molecule has 2 aliphatic rings. The molecular formula is C21H24IN7O2. The van der Waals surface area contributed by atoms with Crippen molar-refractivity contribution in [3.63, 3.8) is 0 Å². The smallest absolute Gasteiger partial charge is 0.258 e. The number of rotatable bonds is 4. The molecule has 1 N–H and O–H groups in total. The third-order valence-corrected chi connectivity index (χ3v) is 6.63. The summed E-state index contributed by atoms with van der Waals surface area (Å²) in [6.07, 6.45) is 7.26. The maximum Gasteiger partial charge on any atom is 0.258 e. The summed E-state index contributed by atoms with van der Waals surface area (Å²) in [6, 6.07) is -0.00420. The molecule has 1 aliphatic carbocycles. The molecule has 1 unspecified atom stereocenters. The molecular weight excluding hydrogens is 509 g/mol. The highest BCUT2D eigenvalue weighted by Gasteiger charge is 2.39. The number of halogens is 1. The van der Waals surface area contributed by atoms with E-state index in [9.17, 15) is 4.79 Å². The minimum atomic E-state index is -0.0503. The first-order valence-electron chi connectivity index (χ1n) is 10.4. The Kier molecular flexibility index (Phi) is 4.98. The van der Waals surface area contributed by atoms with Gasteiger partial charge in [-0.1, -0.05) is 0 Å². The molecule has 3 aromatic heterocycles. The van der Waals surface area contributed by atoms with Gasteiger partial charge in [0, 0.05) is 47.2 Å². The minimum absolute atomic E-state index is 0.00420. The van der Waals surface area contributed by atoms with E-state index < -0.39 is 0 Å². The largest absolute Gasteiger partial charge is 0.442 e. The van der Waals surface area contributed by atoms with E-state index in [-0.39, 0.29) is 17.5 Å². The Morgan fingerprint density at radius 3 is 2.65 bits per heavy atom. The van der Waals surface area contributed by atoms with Crippen molar-refractivity contribution in [2.75, 3.05) is 29.9 Å². The quantitative estimate of drug-likeness (QED) is 0.511. The predicted molar refractivity (Wildman–Crippen MR) is 125 cm³/mol. The first kappa shape index (κ1) is 20.4. The van der Waals surface area contributed by atoms with Gasteiger partial charge in [0.2, 0.25) is 11.7 Å². The fourth-order valence-electron chi connectivity index (χ4n) is 4.05. The van der Waals surface area contributed by atoms with Gasteiger partial charge in [-0.15, -0.1) is 0 Å². The molecule has 162 valence electrons. The van der Waals surface area contributed by atoms with Crippen LogP contribution >= 0.6 is 22.6 Å². The Labute approximate surface area is 193 Å². The zero-order valence-electron chi connectivity index (χ0n) is 17.7. The average Bonchev–Trinajstić information content (AvgIpc) is 3.36. The molecule has 10 heteroatoms. The Balaban J connectivity index is 1.42. The zero-order chi connectivity index (χ0) is 21.8. The summed E-state index contributed by atoms with van der Waals surface area (Å²) >= 11 is 2.19. The van der Waals surface area contributed by atoms with Gasteiger partial charge in [-0.3, -0.25) is 4.79 Å². The Bertz CT molecular complexity index is 1140. The number of amides is 1. The standard InChI is InChI=1S/C21H24IN7O2/c1-12-10-28(20-23-8-14(22)9-24-20)6-7-29(12)19(30)15-13(2)31-18-16(15)17(25-11-26-18)27-21(3)4-5-21/h8-9,11-12H,4-7,10H2,1-3H3,(H,25,26,27). The number of carbonyl (C=O) groups is 1. The maximum absolute atomic E-state index is 13.7. The zero-order valence-corrected chi connectivity index (χ0v) is 19.9. The van der Waals surface area contributed by atoms with Crippen LogP contribution in [0.2, 0.25) is 0 Å². The van der Waals surface area contributed by atoms with Crippen molar-refractivity contribution in [2.24, 2.45) is 0 Å². The van der Waals surface area contributed by atoms with Crippen LogP contribution in [0.25, 0.3) is 11.1 Å². The predicted octanol–water partition coefficient (Wildman–Crippen LogP) is 3.24. The number of nitrogens with one attached hydrogen (secondary N) is 1. The van der Waals surface area contributed by atoms with Gasteiger partial charge in [0.1, 0.15) is 17.9 Å². The number of hydrogen-bond donors (Lipinski definition) is 1. The van der Waals surface area contributed by atoms with Crippen LogP contribution in [0.3, 0.4) is 0 Å². The number of fused-ring (bicyclic) bond motifs is 1. The molecule has 0 radical (unpaired) electrons. The SMILES string of the molecule is Cc1oc2ncnc(NC3(C)CC3)c2c1C(=O)N1CCN(c2ncc(I)cn2)CC1C. The number of aryl methyl sites for hydroxylation is 1. The second-order valence-electron chi connectivity index (χ2n) is 8.62. The summed E-state index contributed by atoms with van der Waals surface area (Å²) in [5, 5.41) is 4.16. The van der Waals surface area contributed by atoms with E-state index in [4.69, 9.17) is 4.42 Å². The van der Waals surface area contributed by atoms with Crippen molar-refractivity contribution < 1.29 is 9.21 Å². The Morgan fingerprint density at radius 1 is 1.23 bits per heavy atom. The first-order valence-corrected chi connectivity index (χ1v) is 11.5. The lowest BCUT2D eigenvalue weighted by atomic mass is 10.1. The average molecular weight is 533 g/mol. The van der Waals surface area contributed by atoms with Crippen LogP contribution < -0.4 is 10.2 Å². The maximum atomic E-state index is 13.7. The van der Waals surface area contributed by atoms with E-state index in [0.29, 0.717) is 53.8 Å². The number of nitrogens with zero attached hydrogens (tertiary/aromatic N) is 6. The fourth-order valence-corrected chi connectivity index (χ4v) is 4.33. The summed E-state index contributed by atoms with van der Waals surface area (Å²) in [4.78, 5) is 35.2. The van der Waals surface area contributed by atoms with Gasteiger partial charge < -0.3 is 19.5 Å². The normalized spacial score (nSPS) is 20.2. The topological polar surface area (TPSA) is 100 Å². The molecule has 1 atom stereocenters. The number of aromatic nitrogens is 4. The molecule has 1 amide bonds. The van der Waals surface area contributed by atoms with Crippen LogP contribution in [0, 0.1) is 10.5 Å². The lowest BCUT2D eigenvalue weighted by Gasteiger charge is -2.39. The summed E-state index contributed by atoms with van der Waals surface area (Å²) in [6.45, 7) is 7.94. The second-order valence-corrected chi connectivity index (χ2v) is 9.86. The Hall–Kier alpha value is -2.50. The van der Waals surface area contributed by atoms with Crippen molar-refractivity contribution in [1.29, 1.82) is 0 Å². The van der Waals surface area contributed by atoms with Crippen LogP contribution in [0.1, 0.15) is 42.8 Å². The molecule has 0 aromatic carbocycles. The molecule has 31 heavy (non-hydrogen) atoms. The summed E-state index contributed by atoms with van der Waals surface area (Å²) in [5.41, 5.74) is 1.02. The van der Waals surface area contributed by atoms with Crippen LogP contribution in [0.15, 0.2) is 23.1 Å². The van der Waals surface area contributed by atoms with Gasteiger partial charge in [-0.25, -0.2) is 19.9 Å². The summed E-state index contributed by atoms with van der Waals surface area (Å²) in [7, 11) is 0. The summed E-state index contributed by atoms with van der Waals surface area (Å²) < 4.78 is 6.85. The van der Waals surface area contributed by atoms with Gasteiger partial charge in [0.15, 0.2) is 0 Å². The highest BCUT2D eigenvalue weighted by atomic mass is 127. The highest BCUT2D eigenvalue weighted by Crippen LogP contribution is 2.40. The molecule has 1 aliphatic heterocycles. The van der Waals surface area contributed by atoms with Gasteiger partial charge in [0.05, 0.1) is 10.9 Å². The fraction of sp³-hybridized carbons (Fsp3) is 0.476. The van der Waals surface area contributed by atoms with E-state index in [1.807, 2.05) is 11.8 Å². The number of furan rings is 1. The molecule has 9 nitrogen and oxygen atoms in total. The molecule has 0 bridgehead atoms. The van der Waals surface area contributed by atoms with Crippen LogP contribution in [0.4, 0.5) is 11.8 Å². The Morgan fingerprint density at radius 2 is 1.97 bits per heavy atom. The van der Waals surface area contributed by atoms with E-state index in [2.05, 4.69) is 66.6 Å². The van der Waals surface area contributed by atoms with Gasteiger partial charge in [-0.2, -0.15) is 0 Å². The molecule has 4 heterocycles. The number of hydrogen-bond acceptors (Lipinski definition) is 8. The van der Waals surface area contributed by atoms with Crippen LogP contribution in [-0.4, -0.2) is 62.0 Å². The molecule has 1 saturated heterocycles. The third-order valence-electron chi connectivity index (χ3n) is 6.08. The van der Waals surface area contributed by atoms with Crippen molar-refractivity contribution in [3.8, 4) is 0 Å². The van der Waals surface area contributed by atoms with Crippen molar-refractivity contribution in [3.05, 3.63) is 33.6 Å². The number of carbonyl (C=O) groups excluding carboxylic acids is 1. The second kappa shape index (κ2) is 7.57.